The monoisotopic (exact) mass is 935 g/mol. The minimum Gasteiger partial charge on any atom is -0.480 e. The first-order valence-corrected chi connectivity index (χ1v) is 26.1. The van der Waals surface area contributed by atoms with Gasteiger partial charge < -0.3 is 30.3 Å². The van der Waals surface area contributed by atoms with Crippen molar-refractivity contribution in [3.05, 3.63) is 29.8 Å². The molecule has 0 aliphatic carbocycles. The zero-order valence-electron chi connectivity index (χ0n) is 39.7. The van der Waals surface area contributed by atoms with Gasteiger partial charge in [0, 0.05) is 48.4 Å². The molecule has 1 heterocycles. The van der Waals surface area contributed by atoms with Crippen LogP contribution in [0.3, 0.4) is 0 Å². The van der Waals surface area contributed by atoms with Gasteiger partial charge in [0.2, 0.25) is 5.91 Å². The first-order valence-electron chi connectivity index (χ1n) is 25.0. The predicted molar refractivity (Wildman–Crippen MR) is 255 cm³/mol. The predicted octanol–water partition coefficient (Wildman–Crippen LogP) is 11.5. The number of carboxylic acids is 2. The molecule has 2 amide bonds. The highest BCUT2D eigenvalue weighted by atomic mass is 32.2. The Balaban J connectivity index is 1.73. The summed E-state index contributed by atoms with van der Waals surface area (Å²) in [4.78, 5) is 82.8. The van der Waals surface area contributed by atoms with E-state index < -0.39 is 42.2 Å². The highest BCUT2D eigenvalue weighted by Crippen LogP contribution is 2.35. The van der Waals surface area contributed by atoms with Crippen LogP contribution in [-0.4, -0.2) is 82.0 Å². The van der Waals surface area contributed by atoms with Crippen LogP contribution in [-0.2, 0) is 43.2 Å². The van der Waals surface area contributed by atoms with E-state index in [1.54, 1.807) is 0 Å². The van der Waals surface area contributed by atoms with Gasteiger partial charge in [-0.1, -0.05) is 168 Å². The van der Waals surface area contributed by atoms with Crippen LogP contribution < -0.4 is 10.6 Å². The van der Waals surface area contributed by atoms with Gasteiger partial charge in [-0.2, -0.15) is 21.5 Å². The van der Waals surface area contributed by atoms with Crippen molar-refractivity contribution in [1.29, 1.82) is 0 Å². The van der Waals surface area contributed by atoms with Crippen LogP contribution in [0.5, 0.6) is 0 Å². The first kappa shape index (κ1) is 57.4. The Morgan fingerprint density at radius 2 is 1.06 bits per heavy atom. The molecule has 2 rings (SSSR count). The Hall–Kier alpha value is -3.69. The van der Waals surface area contributed by atoms with Gasteiger partial charge in [0.15, 0.2) is 0 Å². The lowest BCUT2D eigenvalue weighted by atomic mass is 10.0. The van der Waals surface area contributed by atoms with E-state index in [0.717, 1.165) is 38.5 Å². The minimum absolute atomic E-state index is 0.0318. The van der Waals surface area contributed by atoms with E-state index in [0.29, 0.717) is 30.0 Å². The lowest BCUT2D eigenvalue weighted by Gasteiger charge is -2.18. The second-order valence-corrected chi connectivity index (χ2v) is 18.7. The summed E-state index contributed by atoms with van der Waals surface area (Å²) in [6.07, 6.45) is 31.2. The molecule has 4 N–H and O–H groups in total. The minimum atomic E-state index is -2.11. The maximum atomic E-state index is 12.9. The molecule has 1 aliphatic rings. The topological polar surface area (TPSA) is 210 Å². The van der Waals surface area contributed by atoms with Crippen LogP contribution in [0.4, 0.5) is 5.69 Å². The average Bonchev–Trinajstić information content (AvgIpc) is 4.08. The summed E-state index contributed by atoms with van der Waals surface area (Å²) in [5, 5.41) is 23.7. The van der Waals surface area contributed by atoms with Gasteiger partial charge in [0.05, 0.1) is 0 Å². The van der Waals surface area contributed by atoms with Gasteiger partial charge in [-0.05, 0) is 37.1 Å². The molecule has 0 aromatic heterocycles. The van der Waals surface area contributed by atoms with E-state index in [9.17, 15) is 39.0 Å². The van der Waals surface area contributed by atoms with Crippen molar-refractivity contribution in [2.24, 2.45) is 0 Å². The molecule has 0 saturated carbocycles. The maximum absolute atomic E-state index is 12.9. The van der Waals surface area contributed by atoms with Crippen molar-refractivity contribution in [3.8, 4) is 0 Å². The number of esters is 2. The number of nitrogens with one attached hydrogen (secondary N) is 2. The highest BCUT2D eigenvalue weighted by molar-refractivity contribution is 7.99. The van der Waals surface area contributed by atoms with Crippen LogP contribution in [0.2, 0.25) is 0 Å². The smallest absolute Gasteiger partial charge is 0.370 e. The van der Waals surface area contributed by atoms with Gasteiger partial charge in [-0.15, -0.1) is 0 Å². The van der Waals surface area contributed by atoms with E-state index in [-0.39, 0.29) is 36.4 Å². The van der Waals surface area contributed by atoms with Gasteiger partial charge in [-0.3, -0.25) is 19.2 Å². The van der Waals surface area contributed by atoms with E-state index >= 15 is 0 Å². The molecule has 0 radical (unpaired) electrons. The molecule has 0 spiro atoms. The fraction of sp³-hybridized carbons (Fsp3) is 0.760. The van der Waals surface area contributed by atoms with E-state index in [2.05, 4.69) is 34.3 Å². The van der Waals surface area contributed by atoms with Crippen molar-refractivity contribution < 1.29 is 58.2 Å². The van der Waals surface area contributed by atoms with Crippen LogP contribution in [0.15, 0.2) is 24.3 Å². The summed E-state index contributed by atoms with van der Waals surface area (Å²) in [7, 11) is 0. The number of carbonyl (C=O) groups excluding carboxylic acids is 4. The molecular weight excluding hydrogens is 853 g/mol. The van der Waals surface area contributed by atoms with Crippen molar-refractivity contribution >= 4 is 53.1 Å². The molecule has 15 heteroatoms. The van der Waals surface area contributed by atoms with Crippen LogP contribution in [0.25, 0.3) is 0 Å². The summed E-state index contributed by atoms with van der Waals surface area (Å²) >= 11 is 1.42. The summed E-state index contributed by atoms with van der Waals surface area (Å²) in [5.41, 5.74) is 0.498. The first-order chi connectivity index (χ1) is 31.5. The fourth-order valence-corrected chi connectivity index (χ4v) is 8.41. The molecule has 2 atom stereocenters. The lowest BCUT2D eigenvalue weighted by Crippen LogP contribution is -2.45. The molecule has 1 fully saturated rings. The Bertz CT molecular complexity index is 1490. The number of hydrogen-bond acceptors (Lipinski definition) is 11. The van der Waals surface area contributed by atoms with E-state index in [4.69, 9.17) is 9.47 Å². The summed E-state index contributed by atoms with van der Waals surface area (Å²) in [5.74, 6) is -5.98. The molecule has 370 valence electrons. The lowest BCUT2D eigenvalue weighted by molar-refractivity contribution is -0.157. The second kappa shape index (κ2) is 36.4. The largest absolute Gasteiger partial charge is 0.480 e. The number of amides is 2. The maximum Gasteiger partial charge on any atom is 0.370 e. The Labute approximate surface area is 393 Å². The molecular formula is C50H82N2O12S. The van der Waals surface area contributed by atoms with Gasteiger partial charge in [-0.25, -0.2) is 9.59 Å². The van der Waals surface area contributed by atoms with Gasteiger partial charge >= 0.3 is 29.7 Å². The standard InChI is InChI=1S/C50H82N2O12S/c1-3-5-7-9-11-13-15-17-19-21-23-25-27-29-45(54)61-38-42(62-46(55)30-28-26-24-22-20-18-16-14-12-10-8-6-4-2)39-65-36-35-44(53)51-41-33-31-40(32-34-41)47(56)52-43(48(57)58)37-50(49(59)60)63-64-50/h31-34,42-43H,3-30,35-39H2,1-2H3,(H,51,53)(H,52,56)(H,57,58)(H,59,60)/t42?,43-/m0/s1. The average molecular weight is 935 g/mol. The van der Waals surface area contributed by atoms with Crippen molar-refractivity contribution in [1.82, 2.24) is 5.32 Å². The molecule has 1 aliphatic heterocycles. The third kappa shape index (κ3) is 28.8. The third-order valence-electron chi connectivity index (χ3n) is 11.6. The zero-order chi connectivity index (χ0) is 47.4. The molecule has 65 heavy (non-hydrogen) atoms. The molecule has 1 aromatic rings. The molecule has 1 unspecified atom stereocenters. The van der Waals surface area contributed by atoms with Gasteiger partial charge in [0.1, 0.15) is 18.8 Å². The zero-order valence-corrected chi connectivity index (χ0v) is 40.5. The fourth-order valence-electron chi connectivity index (χ4n) is 7.49. The van der Waals surface area contributed by atoms with E-state index in [1.807, 2.05) is 0 Å². The van der Waals surface area contributed by atoms with Crippen LogP contribution in [0, 0.1) is 0 Å². The summed E-state index contributed by atoms with van der Waals surface area (Å²) < 4.78 is 11.4. The Kier molecular flexibility index (Phi) is 32.2. The van der Waals surface area contributed by atoms with Crippen molar-refractivity contribution in [2.45, 2.75) is 224 Å². The second-order valence-electron chi connectivity index (χ2n) is 17.5. The van der Waals surface area contributed by atoms with E-state index in [1.165, 1.54) is 164 Å². The summed E-state index contributed by atoms with van der Waals surface area (Å²) in [6, 6.07) is 4.17. The number of ether oxygens (including phenoxy) is 2. The number of thioether (sulfide) groups is 1. The number of rotatable bonds is 43. The van der Waals surface area contributed by atoms with Gasteiger partial charge in [0.25, 0.3) is 5.91 Å². The van der Waals surface area contributed by atoms with Crippen LogP contribution >= 0.6 is 11.8 Å². The highest BCUT2D eigenvalue weighted by Gasteiger charge is 2.59. The molecule has 14 nitrogen and oxygen atoms in total. The Morgan fingerprint density at radius 1 is 0.615 bits per heavy atom. The number of hydrogen-bond donors (Lipinski definition) is 4. The number of carboxylic acid groups (broad SMARTS) is 2. The third-order valence-corrected chi connectivity index (χ3v) is 12.7. The molecule has 0 bridgehead atoms. The molecule has 1 aromatic carbocycles. The normalized spacial score (nSPS) is 13.7. The van der Waals surface area contributed by atoms with Crippen molar-refractivity contribution in [3.63, 3.8) is 0 Å². The number of carbonyl (C=O) groups is 6. The summed E-state index contributed by atoms with van der Waals surface area (Å²) in [6.45, 7) is 4.46. The quantitative estimate of drug-likeness (QED) is 0.0208. The number of unbranched alkanes of at least 4 members (excludes halogenated alkanes) is 24. The SMILES string of the molecule is CCCCCCCCCCCCCCCC(=O)OCC(CSCCC(=O)Nc1ccc(C(=O)N[C@@H](CC2(C(=O)O)OO2)C(=O)O)cc1)OC(=O)CCCCCCCCCCCCCCC. The Morgan fingerprint density at radius 3 is 1.49 bits per heavy atom. The van der Waals surface area contributed by atoms with Crippen LogP contribution in [0.1, 0.15) is 217 Å². The number of aliphatic carboxylic acids is 2. The molecule has 1 saturated heterocycles. The van der Waals surface area contributed by atoms with Crippen molar-refractivity contribution in [2.75, 3.05) is 23.4 Å². The number of benzene rings is 1. The number of anilines is 1.